The second-order valence-electron chi connectivity index (χ2n) is 7.01. The Labute approximate surface area is 169 Å². The minimum atomic E-state index is -0.668. The molecule has 2 aliphatic rings. The number of ether oxygens (including phenoxy) is 1. The van der Waals surface area contributed by atoms with Crippen LogP contribution in [0.2, 0.25) is 10.0 Å². The molecule has 27 heavy (non-hydrogen) atoms. The maximum Gasteiger partial charge on any atom is 0.315 e. The fourth-order valence-corrected chi connectivity index (χ4v) is 4.24. The van der Waals surface area contributed by atoms with Crippen LogP contribution in [0.1, 0.15) is 57.4 Å². The Hall–Kier alpha value is -1.65. The highest BCUT2D eigenvalue weighted by Crippen LogP contribution is 2.46. The molecule has 0 bridgehead atoms. The van der Waals surface area contributed by atoms with Gasteiger partial charge in [-0.05, 0) is 37.8 Å². The number of unbranched alkanes of at least 4 members (excludes halogenated alkanes) is 1. The lowest BCUT2D eigenvalue weighted by molar-refractivity contribution is -0.146. The SMILES string of the molecule is CCCCOC(=O)C1C(C)=NC2=C(C(=O)CCC2)[C@@H]1c1cccc(Cl)c1Cl. The molecule has 0 radical (unpaired) electrons. The summed E-state index contributed by atoms with van der Waals surface area (Å²) in [6.45, 7) is 4.21. The largest absolute Gasteiger partial charge is 0.465 e. The topological polar surface area (TPSA) is 55.7 Å². The third-order valence-electron chi connectivity index (χ3n) is 5.15. The first-order valence-corrected chi connectivity index (χ1v) is 10.1. The summed E-state index contributed by atoms with van der Waals surface area (Å²) in [6, 6.07) is 5.32. The summed E-state index contributed by atoms with van der Waals surface area (Å²) in [5.74, 6) is -1.51. The van der Waals surface area contributed by atoms with Crippen LogP contribution < -0.4 is 0 Å². The summed E-state index contributed by atoms with van der Waals surface area (Å²) in [6.07, 6.45) is 3.69. The number of ketones is 1. The van der Waals surface area contributed by atoms with Crippen LogP contribution in [-0.2, 0) is 14.3 Å². The molecular formula is C21H23Cl2NO3. The highest BCUT2D eigenvalue weighted by Gasteiger charge is 2.44. The lowest BCUT2D eigenvalue weighted by atomic mass is 9.71. The number of esters is 1. The van der Waals surface area contributed by atoms with E-state index in [2.05, 4.69) is 4.99 Å². The zero-order chi connectivity index (χ0) is 19.6. The van der Waals surface area contributed by atoms with Crippen molar-refractivity contribution in [3.05, 3.63) is 45.1 Å². The van der Waals surface area contributed by atoms with Crippen molar-refractivity contribution in [3.63, 3.8) is 0 Å². The average molecular weight is 408 g/mol. The third kappa shape index (κ3) is 3.97. The molecule has 1 unspecified atom stereocenters. The third-order valence-corrected chi connectivity index (χ3v) is 5.98. The Morgan fingerprint density at radius 3 is 2.81 bits per heavy atom. The highest BCUT2D eigenvalue weighted by molar-refractivity contribution is 6.42. The van der Waals surface area contributed by atoms with E-state index in [1.54, 1.807) is 12.1 Å². The molecule has 1 aliphatic carbocycles. The molecule has 1 aromatic rings. The first kappa shape index (κ1) is 20.1. The van der Waals surface area contributed by atoms with Gasteiger partial charge in [-0.1, -0.05) is 48.7 Å². The fourth-order valence-electron chi connectivity index (χ4n) is 3.82. The van der Waals surface area contributed by atoms with E-state index in [0.717, 1.165) is 31.4 Å². The Morgan fingerprint density at radius 2 is 2.07 bits per heavy atom. The summed E-state index contributed by atoms with van der Waals surface area (Å²) in [4.78, 5) is 30.3. The first-order valence-electron chi connectivity index (χ1n) is 9.37. The average Bonchev–Trinajstić information content (AvgIpc) is 2.63. The number of nitrogens with zero attached hydrogens (tertiary/aromatic N) is 1. The molecule has 0 aromatic heterocycles. The van der Waals surface area contributed by atoms with Gasteiger partial charge in [0, 0.05) is 29.3 Å². The zero-order valence-electron chi connectivity index (χ0n) is 15.6. The fraction of sp³-hybridized carbons (Fsp3) is 0.476. The van der Waals surface area contributed by atoms with E-state index in [1.165, 1.54) is 0 Å². The van der Waals surface area contributed by atoms with Gasteiger partial charge in [0.05, 0.1) is 16.7 Å². The number of benzene rings is 1. The van der Waals surface area contributed by atoms with E-state index in [1.807, 2.05) is 19.9 Å². The van der Waals surface area contributed by atoms with E-state index in [-0.39, 0.29) is 11.8 Å². The van der Waals surface area contributed by atoms with Crippen LogP contribution in [0.5, 0.6) is 0 Å². The minimum Gasteiger partial charge on any atom is -0.465 e. The van der Waals surface area contributed by atoms with Crippen molar-refractivity contribution in [3.8, 4) is 0 Å². The quantitative estimate of drug-likeness (QED) is 0.476. The van der Waals surface area contributed by atoms with Gasteiger partial charge in [-0.3, -0.25) is 14.6 Å². The van der Waals surface area contributed by atoms with Gasteiger partial charge in [0.2, 0.25) is 0 Å². The standard InChI is InChI=1S/C21H23Cl2NO3/c1-3-4-11-27-21(26)17-12(2)24-15-9-6-10-16(25)19(15)18(17)13-7-5-8-14(22)20(13)23/h5,7-8,17-18H,3-4,6,9-11H2,1-2H3/t17?,18-/m1/s1. The second kappa shape index (κ2) is 8.57. The predicted molar refractivity (Wildman–Crippen MR) is 108 cm³/mol. The number of rotatable bonds is 5. The van der Waals surface area contributed by atoms with Crippen LogP contribution >= 0.6 is 23.2 Å². The van der Waals surface area contributed by atoms with Gasteiger partial charge >= 0.3 is 5.97 Å². The monoisotopic (exact) mass is 407 g/mol. The molecule has 0 fully saturated rings. The number of halogens is 2. The molecule has 0 saturated carbocycles. The number of carbonyl (C=O) groups is 2. The van der Waals surface area contributed by atoms with Crippen molar-refractivity contribution in [1.82, 2.24) is 0 Å². The van der Waals surface area contributed by atoms with E-state index in [9.17, 15) is 9.59 Å². The lowest BCUT2D eigenvalue weighted by Gasteiger charge is -2.35. The summed E-state index contributed by atoms with van der Waals surface area (Å²) in [7, 11) is 0. The number of allylic oxidation sites excluding steroid dienone is 2. The van der Waals surface area contributed by atoms with E-state index in [0.29, 0.717) is 39.9 Å². The van der Waals surface area contributed by atoms with Crippen molar-refractivity contribution in [2.45, 2.75) is 51.9 Å². The summed E-state index contributed by atoms with van der Waals surface area (Å²) in [5.41, 5.74) is 2.69. The Bertz CT molecular complexity index is 829. The van der Waals surface area contributed by atoms with Crippen LogP contribution in [0.25, 0.3) is 0 Å². The van der Waals surface area contributed by atoms with Crippen molar-refractivity contribution in [1.29, 1.82) is 0 Å². The summed E-state index contributed by atoms with van der Waals surface area (Å²) in [5, 5.41) is 0.772. The van der Waals surface area contributed by atoms with Gasteiger partial charge in [-0.2, -0.15) is 0 Å². The molecule has 3 rings (SSSR count). The van der Waals surface area contributed by atoms with Crippen LogP contribution in [0.3, 0.4) is 0 Å². The predicted octanol–water partition coefficient (Wildman–Crippen LogP) is 5.52. The number of aliphatic imine (C=N–C) groups is 1. The Kier molecular flexibility index (Phi) is 6.38. The van der Waals surface area contributed by atoms with Crippen LogP contribution in [-0.4, -0.2) is 24.1 Å². The maximum atomic E-state index is 12.9. The second-order valence-corrected chi connectivity index (χ2v) is 7.79. The lowest BCUT2D eigenvalue weighted by Crippen LogP contribution is -2.37. The molecule has 0 amide bonds. The molecule has 4 nitrogen and oxygen atoms in total. The molecule has 6 heteroatoms. The number of hydrogen-bond donors (Lipinski definition) is 0. The van der Waals surface area contributed by atoms with E-state index < -0.39 is 11.8 Å². The number of carbonyl (C=O) groups excluding carboxylic acids is 2. The zero-order valence-corrected chi connectivity index (χ0v) is 17.1. The molecule has 1 heterocycles. The molecule has 0 N–H and O–H groups in total. The highest BCUT2D eigenvalue weighted by atomic mass is 35.5. The van der Waals surface area contributed by atoms with Crippen molar-refractivity contribution in [2.24, 2.45) is 10.9 Å². The van der Waals surface area contributed by atoms with Crippen LogP contribution in [0.15, 0.2) is 34.5 Å². The number of hydrogen-bond acceptors (Lipinski definition) is 4. The van der Waals surface area contributed by atoms with Gasteiger partial charge in [0.15, 0.2) is 5.78 Å². The molecule has 0 saturated heterocycles. The smallest absolute Gasteiger partial charge is 0.315 e. The summed E-state index contributed by atoms with van der Waals surface area (Å²) < 4.78 is 5.50. The molecule has 0 spiro atoms. The maximum absolute atomic E-state index is 12.9. The van der Waals surface area contributed by atoms with E-state index in [4.69, 9.17) is 27.9 Å². The summed E-state index contributed by atoms with van der Waals surface area (Å²) >= 11 is 12.7. The Morgan fingerprint density at radius 1 is 1.30 bits per heavy atom. The number of Topliss-reactive ketones (excluding diaryl/α,β-unsaturated/α-hetero) is 1. The molecule has 1 aliphatic heterocycles. The molecule has 144 valence electrons. The van der Waals surface area contributed by atoms with Crippen LogP contribution in [0.4, 0.5) is 0 Å². The molecule has 2 atom stereocenters. The normalized spacial score (nSPS) is 22.4. The molecule has 1 aromatic carbocycles. The van der Waals surface area contributed by atoms with Crippen LogP contribution in [0, 0.1) is 5.92 Å². The first-order chi connectivity index (χ1) is 13.0. The van der Waals surface area contributed by atoms with Gasteiger partial charge < -0.3 is 4.74 Å². The minimum absolute atomic E-state index is 0.0277. The molecular weight excluding hydrogens is 385 g/mol. The van der Waals surface area contributed by atoms with Gasteiger partial charge in [0.25, 0.3) is 0 Å². The van der Waals surface area contributed by atoms with Crippen molar-refractivity contribution in [2.75, 3.05) is 6.61 Å². The van der Waals surface area contributed by atoms with Gasteiger partial charge in [0.1, 0.15) is 5.92 Å². The van der Waals surface area contributed by atoms with E-state index >= 15 is 0 Å². The van der Waals surface area contributed by atoms with Gasteiger partial charge in [-0.25, -0.2) is 0 Å². The van der Waals surface area contributed by atoms with Crippen molar-refractivity contribution < 1.29 is 14.3 Å². The van der Waals surface area contributed by atoms with Crippen molar-refractivity contribution >= 4 is 40.7 Å². The van der Waals surface area contributed by atoms with Gasteiger partial charge in [-0.15, -0.1) is 0 Å². The Balaban J connectivity index is 2.10.